The fraction of sp³-hybridized carbons (Fsp3) is 0.382. The van der Waals surface area contributed by atoms with Crippen LogP contribution in [0, 0.1) is 30.1 Å². The molecule has 4 amide bonds. The number of fused-ring (bicyclic) bond motifs is 1. The van der Waals surface area contributed by atoms with E-state index in [1.807, 2.05) is 84.6 Å². The van der Waals surface area contributed by atoms with Crippen LogP contribution in [0.1, 0.15) is 44.1 Å². The molecule has 7 nitrogen and oxygen atoms in total. The quantitative estimate of drug-likeness (QED) is 0.362. The molecule has 7 heteroatoms. The molecule has 4 aliphatic carbocycles. The van der Waals surface area contributed by atoms with Crippen LogP contribution in [0.2, 0.25) is 0 Å². The number of para-hydroxylation sites is 3. The summed E-state index contributed by atoms with van der Waals surface area (Å²) in [6, 6.07) is 22.5. The molecule has 4 fully saturated rings. The van der Waals surface area contributed by atoms with E-state index in [1.165, 1.54) is 19.3 Å². The van der Waals surface area contributed by atoms with E-state index in [9.17, 15) is 14.4 Å². The maximum Gasteiger partial charge on any atom is 0.320 e. The first-order chi connectivity index (χ1) is 19.9. The van der Waals surface area contributed by atoms with Crippen molar-refractivity contribution in [2.45, 2.75) is 51.5 Å². The van der Waals surface area contributed by atoms with Gasteiger partial charge in [-0.15, -0.1) is 0 Å². The van der Waals surface area contributed by atoms with Crippen molar-refractivity contribution in [3.05, 3.63) is 84.4 Å². The summed E-state index contributed by atoms with van der Waals surface area (Å²) in [5.74, 6) is 1.34. The predicted molar refractivity (Wildman–Crippen MR) is 160 cm³/mol. The van der Waals surface area contributed by atoms with E-state index in [0.717, 1.165) is 42.6 Å². The third kappa shape index (κ3) is 4.77. The summed E-state index contributed by atoms with van der Waals surface area (Å²) >= 11 is 0. The highest BCUT2D eigenvalue weighted by Gasteiger charge is 2.53. The van der Waals surface area contributed by atoms with Gasteiger partial charge in [0.05, 0.1) is 11.4 Å². The number of benzene rings is 3. The first-order valence-electron chi connectivity index (χ1n) is 14.8. The van der Waals surface area contributed by atoms with Crippen molar-refractivity contribution in [2.24, 2.45) is 23.2 Å². The van der Waals surface area contributed by atoms with Crippen molar-refractivity contribution in [1.29, 1.82) is 0 Å². The standard InChI is InChI=1S/C34H36N4O3/c1-22-8-7-9-26(14-22)35-33(41)36-30-31(39)37(21-34-18-23-15-24(19-34)17-25(16-23)20-34)28-12-5-6-13-29(28)38(32(30)40)27-10-3-2-4-11-27/h2-14,23-25,30H,15-21H2,1H3,(H2,35,36,41). The van der Waals surface area contributed by atoms with Crippen molar-refractivity contribution < 1.29 is 14.4 Å². The lowest BCUT2D eigenvalue weighted by Crippen LogP contribution is -2.58. The molecule has 1 unspecified atom stereocenters. The van der Waals surface area contributed by atoms with Gasteiger partial charge in [-0.3, -0.25) is 14.5 Å². The highest BCUT2D eigenvalue weighted by Crippen LogP contribution is 2.60. The summed E-state index contributed by atoms with van der Waals surface area (Å²) in [5, 5.41) is 5.58. The third-order valence-electron chi connectivity index (χ3n) is 9.62. The number of nitrogens with zero attached hydrogens (tertiary/aromatic N) is 2. The van der Waals surface area contributed by atoms with Crippen LogP contribution in [-0.4, -0.2) is 30.4 Å². The monoisotopic (exact) mass is 548 g/mol. The Morgan fingerprint density at radius 2 is 1.44 bits per heavy atom. The zero-order valence-electron chi connectivity index (χ0n) is 23.4. The molecule has 210 valence electrons. The first-order valence-corrected chi connectivity index (χ1v) is 14.8. The summed E-state index contributed by atoms with van der Waals surface area (Å²) in [6.07, 6.45) is 7.34. The molecule has 5 aliphatic rings. The highest BCUT2D eigenvalue weighted by molar-refractivity contribution is 6.24. The molecule has 0 aromatic heterocycles. The second-order valence-corrected chi connectivity index (χ2v) is 12.7. The van der Waals surface area contributed by atoms with Gasteiger partial charge >= 0.3 is 6.03 Å². The van der Waals surface area contributed by atoms with Crippen molar-refractivity contribution >= 4 is 40.6 Å². The summed E-state index contributed by atoms with van der Waals surface area (Å²) in [4.78, 5) is 45.5. The molecule has 0 radical (unpaired) electrons. The van der Waals surface area contributed by atoms with E-state index in [4.69, 9.17) is 0 Å². The van der Waals surface area contributed by atoms with E-state index in [-0.39, 0.29) is 11.3 Å². The lowest BCUT2D eigenvalue weighted by Gasteiger charge is -2.57. The molecule has 0 spiro atoms. The molecular weight excluding hydrogens is 512 g/mol. The number of carbonyl (C=O) groups excluding carboxylic acids is 3. The van der Waals surface area contributed by atoms with Gasteiger partial charge in [0, 0.05) is 17.9 Å². The molecule has 3 aromatic rings. The van der Waals surface area contributed by atoms with Crippen LogP contribution < -0.4 is 20.4 Å². The Hall–Kier alpha value is -4.13. The first kappa shape index (κ1) is 25.8. The Bertz CT molecular complexity index is 1470. The minimum absolute atomic E-state index is 0.0524. The number of carbonyl (C=O) groups is 3. The summed E-state index contributed by atoms with van der Waals surface area (Å²) < 4.78 is 0. The minimum atomic E-state index is -1.37. The van der Waals surface area contributed by atoms with Gasteiger partial charge in [-0.1, -0.05) is 42.5 Å². The van der Waals surface area contributed by atoms with Gasteiger partial charge < -0.3 is 15.5 Å². The largest absolute Gasteiger partial charge is 0.320 e. The maximum absolute atomic E-state index is 14.5. The number of hydrogen-bond acceptors (Lipinski definition) is 3. The topological polar surface area (TPSA) is 81.8 Å². The van der Waals surface area contributed by atoms with Gasteiger partial charge in [0.15, 0.2) is 6.04 Å². The molecule has 4 bridgehead atoms. The zero-order valence-corrected chi connectivity index (χ0v) is 23.4. The van der Waals surface area contributed by atoms with Crippen LogP contribution in [0.4, 0.5) is 27.5 Å². The summed E-state index contributed by atoms with van der Waals surface area (Å²) in [7, 11) is 0. The average Bonchev–Trinajstić information content (AvgIpc) is 3.02. The highest BCUT2D eigenvalue weighted by atomic mass is 16.2. The molecule has 2 N–H and O–H groups in total. The van der Waals surface area contributed by atoms with E-state index < -0.39 is 18.0 Å². The molecule has 0 saturated heterocycles. The maximum atomic E-state index is 14.5. The number of aryl methyl sites for hydroxylation is 1. The Morgan fingerprint density at radius 3 is 2.10 bits per heavy atom. The molecule has 1 heterocycles. The van der Waals surface area contributed by atoms with Crippen LogP contribution in [0.15, 0.2) is 78.9 Å². The molecule has 4 saturated carbocycles. The Kier molecular flexibility index (Phi) is 6.33. The Balaban J connectivity index is 1.27. The van der Waals surface area contributed by atoms with E-state index >= 15 is 0 Å². The molecule has 1 atom stereocenters. The zero-order chi connectivity index (χ0) is 28.1. The fourth-order valence-corrected chi connectivity index (χ4v) is 8.48. The van der Waals surface area contributed by atoms with E-state index in [0.29, 0.717) is 29.3 Å². The van der Waals surface area contributed by atoms with E-state index in [1.54, 1.807) is 11.0 Å². The minimum Gasteiger partial charge on any atom is -0.318 e. The van der Waals surface area contributed by atoms with Crippen LogP contribution >= 0.6 is 0 Å². The van der Waals surface area contributed by atoms with Gasteiger partial charge in [-0.2, -0.15) is 0 Å². The van der Waals surface area contributed by atoms with Gasteiger partial charge in [-0.05, 0) is 111 Å². The second-order valence-electron chi connectivity index (χ2n) is 12.7. The SMILES string of the molecule is Cc1cccc(NC(=O)NC2C(=O)N(CC34CC5CC(CC(C5)C3)C4)c3ccccc3N(c3ccccc3)C2=O)c1. The lowest BCUT2D eigenvalue weighted by atomic mass is 9.49. The predicted octanol–water partition coefficient (Wildman–Crippen LogP) is 6.41. The molecule has 3 aromatic carbocycles. The van der Waals surface area contributed by atoms with Crippen LogP contribution in [0.3, 0.4) is 0 Å². The molecule has 41 heavy (non-hydrogen) atoms. The third-order valence-corrected chi connectivity index (χ3v) is 9.62. The number of hydrogen-bond donors (Lipinski definition) is 2. The number of urea groups is 1. The van der Waals surface area contributed by atoms with Crippen molar-refractivity contribution in [3.8, 4) is 0 Å². The number of anilines is 4. The Labute approximate surface area is 240 Å². The van der Waals surface area contributed by atoms with Gasteiger partial charge in [0.25, 0.3) is 11.8 Å². The smallest absolute Gasteiger partial charge is 0.318 e. The molecular formula is C34H36N4O3. The van der Waals surface area contributed by atoms with Gasteiger partial charge in [-0.25, -0.2) is 4.79 Å². The average molecular weight is 549 g/mol. The van der Waals surface area contributed by atoms with Crippen molar-refractivity contribution in [2.75, 3.05) is 21.7 Å². The van der Waals surface area contributed by atoms with Crippen LogP contribution in [0.5, 0.6) is 0 Å². The molecule has 8 rings (SSSR count). The van der Waals surface area contributed by atoms with Crippen LogP contribution in [-0.2, 0) is 9.59 Å². The summed E-state index contributed by atoms with van der Waals surface area (Å²) in [6.45, 7) is 2.51. The van der Waals surface area contributed by atoms with Gasteiger partial charge in [0.2, 0.25) is 0 Å². The van der Waals surface area contributed by atoms with E-state index in [2.05, 4.69) is 10.6 Å². The number of rotatable bonds is 5. The van der Waals surface area contributed by atoms with Crippen molar-refractivity contribution in [1.82, 2.24) is 5.32 Å². The summed E-state index contributed by atoms with van der Waals surface area (Å²) in [5.41, 5.74) is 3.68. The number of nitrogens with one attached hydrogen (secondary N) is 2. The Morgan fingerprint density at radius 1 is 0.805 bits per heavy atom. The second kappa shape index (κ2) is 10.1. The molecule has 1 aliphatic heterocycles. The number of amides is 4. The van der Waals surface area contributed by atoms with Crippen LogP contribution in [0.25, 0.3) is 0 Å². The lowest BCUT2D eigenvalue weighted by molar-refractivity contribution is -0.129. The normalized spacial score (nSPS) is 28.3. The van der Waals surface area contributed by atoms with Gasteiger partial charge in [0.1, 0.15) is 0 Å². The fourth-order valence-electron chi connectivity index (χ4n) is 8.48. The van der Waals surface area contributed by atoms with Crippen molar-refractivity contribution in [3.63, 3.8) is 0 Å².